The van der Waals surface area contributed by atoms with Crippen LogP contribution in [0.15, 0.2) is 48.5 Å². The Balaban J connectivity index is 1.42. The number of carbonyl (C=O) groups is 1. The monoisotopic (exact) mass is 543 g/mol. The van der Waals surface area contributed by atoms with Gasteiger partial charge in [-0.15, -0.1) is 23.9 Å². The van der Waals surface area contributed by atoms with Crippen LogP contribution in [0.3, 0.4) is 0 Å². The predicted octanol–water partition coefficient (Wildman–Crippen LogP) is 6.79. The van der Waals surface area contributed by atoms with E-state index in [1.165, 1.54) is 0 Å². The van der Waals surface area contributed by atoms with Crippen molar-refractivity contribution in [3.63, 3.8) is 0 Å². The van der Waals surface area contributed by atoms with E-state index in [9.17, 15) is 4.79 Å². The standard InChI is InChI=1S/C31H42ClNO5/c1-2-3-9-22-35-27-13-15-29(16-14-27)37-24-11-6-7-12-25-38-30-19-17-28(18-20-30)36-23-10-5-4-8-21-33-31(34)26-32/h1,13-20H,3-12,21-26H2,(H,33,34). The van der Waals surface area contributed by atoms with Gasteiger partial charge in [0.2, 0.25) is 5.91 Å². The summed E-state index contributed by atoms with van der Waals surface area (Å²) in [6, 6.07) is 15.6. The highest BCUT2D eigenvalue weighted by Gasteiger charge is 2.00. The van der Waals surface area contributed by atoms with Gasteiger partial charge in [-0.2, -0.15) is 0 Å². The van der Waals surface area contributed by atoms with Crippen molar-refractivity contribution >= 4 is 17.5 Å². The molecule has 0 saturated carbocycles. The van der Waals surface area contributed by atoms with Crippen LogP contribution in [-0.2, 0) is 4.79 Å². The number of nitrogens with one attached hydrogen (secondary N) is 1. The molecule has 0 fully saturated rings. The first-order chi connectivity index (χ1) is 18.7. The Morgan fingerprint density at radius 3 is 1.37 bits per heavy atom. The van der Waals surface area contributed by atoms with Crippen LogP contribution in [0.2, 0.25) is 0 Å². The maximum atomic E-state index is 11.0. The minimum absolute atomic E-state index is 0.0251. The quantitative estimate of drug-likeness (QED) is 0.101. The summed E-state index contributed by atoms with van der Waals surface area (Å²) in [7, 11) is 0. The number of hydrogen-bond donors (Lipinski definition) is 1. The molecule has 0 aliphatic rings. The number of ether oxygens (including phenoxy) is 4. The first-order valence-electron chi connectivity index (χ1n) is 13.7. The van der Waals surface area contributed by atoms with Crippen molar-refractivity contribution in [1.29, 1.82) is 0 Å². The third kappa shape index (κ3) is 15.3. The van der Waals surface area contributed by atoms with Gasteiger partial charge in [-0.25, -0.2) is 0 Å². The molecule has 0 saturated heterocycles. The largest absolute Gasteiger partial charge is 0.494 e. The van der Waals surface area contributed by atoms with Crippen LogP contribution < -0.4 is 24.3 Å². The number of rotatable bonds is 22. The van der Waals surface area contributed by atoms with Gasteiger partial charge in [0, 0.05) is 13.0 Å². The Morgan fingerprint density at radius 2 is 1.00 bits per heavy atom. The molecule has 0 unspecified atom stereocenters. The summed E-state index contributed by atoms with van der Waals surface area (Å²) in [5, 5.41) is 2.77. The number of benzene rings is 2. The second kappa shape index (κ2) is 21.0. The number of hydrogen-bond acceptors (Lipinski definition) is 5. The number of amides is 1. The zero-order chi connectivity index (χ0) is 27.1. The van der Waals surface area contributed by atoms with Gasteiger partial charge in [-0.3, -0.25) is 4.79 Å². The minimum atomic E-state index is -0.109. The molecule has 0 aromatic heterocycles. The van der Waals surface area contributed by atoms with Gasteiger partial charge in [0.25, 0.3) is 0 Å². The van der Waals surface area contributed by atoms with E-state index in [4.69, 9.17) is 37.0 Å². The molecular formula is C31H42ClNO5. The second-order valence-corrected chi connectivity index (χ2v) is 9.22. The molecule has 0 heterocycles. The molecule has 2 rings (SSSR count). The first-order valence-corrected chi connectivity index (χ1v) is 14.2. The van der Waals surface area contributed by atoms with Crippen molar-refractivity contribution in [1.82, 2.24) is 5.32 Å². The molecule has 1 amide bonds. The highest BCUT2D eigenvalue weighted by molar-refractivity contribution is 6.27. The molecule has 7 heteroatoms. The summed E-state index contributed by atoms with van der Waals surface area (Å²) in [6.07, 6.45) is 15.2. The smallest absolute Gasteiger partial charge is 0.234 e. The molecule has 0 radical (unpaired) electrons. The fourth-order valence-corrected chi connectivity index (χ4v) is 3.71. The predicted molar refractivity (Wildman–Crippen MR) is 154 cm³/mol. The molecule has 208 valence electrons. The highest BCUT2D eigenvalue weighted by Crippen LogP contribution is 2.20. The normalized spacial score (nSPS) is 10.4. The van der Waals surface area contributed by atoms with Crippen molar-refractivity contribution in [2.75, 3.05) is 38.9 Å². The molecule has 2 aromatic rings. The molecule has 0 aliphatic heterocycles. The fraction of sp³-hybridized carbons (Fsp3) is 0.516. The summed E-state index contributed by atoms with van der Waals surface area (Å²) in [4.78, 5) is 11.0. The van der Waals surface area contributed by atoms with E-state index in [-0.39, 0.29) is 11.8 Å². The molecule has 6 nitrogen and oxygen atoms in total. The SMILES string of the molecule is C#CCCCOc1ccc(OCCCCCCOc2ccc(OCCCCCCNC(=O)CCl)cc2)cc1. The van der Waals surface area contributed by atoms with Crippen LogP contribution in [0.5, 0.6) is 23.0 Å². The topological polar surface area (TPSA) is 66.0 Å². The van der Waals surface area contributed by atoms with Gasteiger partial charge in [-0.1, -0.05) is 12.8 Å². The second-order valence-electron chi connectivity index (χ2n) is 8.96. The van der Waals surface area contributed by atoms with Crippen molar-refractivity contribution in [3.05, 3.63) is 48.5 Å². The number of halogens is 1. The van der Waals surface area contributed by atoms with E-state index < -0.39 is 0 Å². The van der Waals surface area contributed by atoms with E-state index in [1.807, 2.05) is 48.5 Å². The Bertz CT molecular complexity index is 911. The van der Waals surface area contributed by atoms with Gasteiger partial charge in [0.1, 0.15) is 28.9 Å². The lowest BCUT2D eigenvalue weighted by Crippen LogP contribution is -2.25. The number of alkyl halides is 1. The number of terminal acetylenes is 1. The van der Waals surface area contributed by atoms with Crippen LogP contribution in [0, 0.1) is 12.3 Å². The maximum absolute atomic E-state index is 11.0. The minimum Gasteiger partial charge on any atom is -0.494 e. The molecule has 38 heavy (non-hydrogen) atoms. The van der Waals surface area contributed by atoms with Gasteiger partial charge < -0.3 is 24.3 Å². The van der Waals surface area contributed by atoms with Gasteiger partial charge >= 0.3 is 0 Å². The van der Waals surface area contributed by atoms with E-state index in [0.29, 0.717) is 33.0 Å². The van der Waals surface area contributed by atoms with Crippen LogP contribution >= 0.6 is 11.6 Å². The average molecular weight is 544 g/mol. The molecular weight excluding hydrogens is 502 g/mol. The van der Waals surface area contributed by atoms with Crippen molar-refractivity contribution in [2.24, 2.45) is 0 Å². The summed E-state index contributed by atoms with van der Waals surface area (Å²) >= 11 is 5.44. The Kier molecular flexibility index (Phi) is 17.2. The molecule has 0 bridgehead atoms. The third-order valence-electron chi connectivity index (χ3n) is 5.74. The highest BCUT2D eigenvalue weighted by atomic mass is 35.5. The maximum Gasteiger partial charge on any atom is 0.234 e. The fourth-order valence-electron chi connectivity index (χ4n) is 3.61. The Labute approximate surface area is 233 Å². The zero-order valence-electron chi connectivity index (χ0n) is 22.4. The molecule has 1 N–H and O–H groups in total. The lowest BCUT2D eigenvalue weighted by molar-refractivity contribution is -0.118. The first kappa shape index (κ1) is 31.2. The van der Waals surface area contributed by atoms with Crippen molar-refractivity contribution in [3.8, 4) is 35.3 Å². The summed E-state index contributed by atoms with van der Waals surface area (Å²) < 4.78 is 23.1. The molecule has 0 spiro atoms. The van der Waals surface area contributed by atoms with Crippen LogP contribution in [-0.4, -0.2) is 44.8 Å². The summed E-state index contributed by atoms with van der Waals surface area (Å²) in [6.45, 7) is 3.41. The van der Waals surface area contributed by atoms with Gasteiger partial charge in [0.15, 0.2) is 0 Å². The molecule has 2 aromatic carbocycles. The van der Waals surface area contributed by atoms with Crippen LogP contribution in [0.25, 0.3) is 0 Å². The van der Waals surface area contributed by atoms with Crippen molar-refractivity contribution < 1.29 is 23.7 Å². The van der Waals surface area contributed by atoms with Crippen LogP contribution in [0.1, 0.15) is 64.2 Å². The molecule has 0 aliphatic carbocycles. The van der Waals surface area contributed by atoms with E-state index in [0.717, 1.165) is 87.2 Å². The summed E-state index contributed by atoms with van der Waals surface area (Å²) in [5.74, 6) is 5.95. The zero-order valence-corrected chi connectivity index (χ0v) is 23.2. The Hall–Kier alpha value is -3.04. The number of unbranched alkanes of at least 4 members (excludes halogenated alkanes) is 7. The lowest BCUT2D eigenvalue weighted by Gasteiger charge is -2.10. The number of carbonyl (C=O) groups excluding carboxylic acids is 1. The average Bonchev–Trinajstić information content (AvgIpc) is 2.95. The Morgan fingerprint density at radius 1 is 0.632 bits per heavy atom. The lowest BCUT2D eigenvalue weighted by atomic mass is 10.2. The van der Waals surface area contributed by atoms with Crippen LogP contribution in [0.4, 0.5) is 0 Å². The summed E-state index contributed by atoms with van der Waals surface area (Å²) in [5.41, 5.74) is 0. The van der Waals surface area contributed by atoms with E-state index in [2.05, 4.69) is 11.2 Å². The van der Waals surface area contributed by atoms with E-state index in [1.54, 1.807) is 0 Å². The van der Waals surface area contributed by atoms with Gasteiger partial charge in [0.05, 0.1) is 26.4 Å². The van der Waals surface area contributed by atoms with E-state index >= 15 is 0 Å². The third-order valence-corrected chi connectivity index (χ3v) is 5.98. The molecule has 0 atom stereocenters. The van der Waals surface area contributed by atoms with Crippen molar-refractivity contribution in [2.45, 2.75) is 64.2 Å². The van der Waals surface area contributed by atoms with Gasteiger partial charge in [-0.05, 0) is 93.5 Å².